The van der Waals surface area contributed by atoms with Gasteiger partial charge in [-0.3, -0.25) is 9.78 Å². The zero-order valence-corrected chi connectivity index (χ0v) is 14.6. The predicted molar refractivity (Wildman–Crippen MR) is 101 cm³/mol. The van der Waals surface area contributed by atoms with Gasteiger partial charge in [0.2, 0.25) is 5.91 Å². The Labute approximate surface area is 151 Å². The van der Waals surface area contributed by atoms with Crippen molar-refractivity contribution in [3.8, 4) is 0 Å². The molecular weight excluding hydrogens is 330 g/mol. The van der Waals surface area contributed by atoms with Crippen LogP contribution in [-0.2, 0) is 17.8 Å². The van der Waals surface area contributed by atoms with Crippen molar-refractivity contribution in [2.24, 2.45) is 0 Å². The van der Waals surface area contributed by atoms with Gasteiger partial charge < -0.3 is 4.90 Å². The number of hydrogen-bond donors (Lipinski definition) is 0. The van der Waals surface area contributed by atoms with E-state index in [1.807, 2.05) is 40.6 Å². The Morgan fingerprint density at radius 3 is 2.64 bits per heavy atom. The minimum Gasteiger partial charge on any atom is -0.334 e. The Morgan fingerprint density at radius 2 is 1.92 bits per heavy atom. The van der Waals surface area contributed by atoms with Crippen molar-refractivity contribution in [2.75, 3.05) is 6.54 Å². The van der Waals surface area contributed by atoms with Crippen molar-refractivity contribution in [1.29, 1.82) is 0 Å². The van der Waals surface area contributed by atoms with E-state index < -0.39 is 0 Å². The predicted octanol–water partition coefficient (Wildman–Crippen LogP) is 3.82. The zero-order chi connectivity index (χ0) is 17.3. The minimum atomic E-state index is -0.0185. The number of hydrogen-bond acceptors (Lipinski definition) is 4. The summed E-state index contributed by atoms with van der Waals surface area (Å²) in [6.07, 6.45) is 9.46. The maximum Gasteiger partial charge on any atom is 0.246 e. The van der Waals surface area contributed by atoms with E-state index in [1.54, 1.807) is 30.7 Å². The van der Waals surface area contributed by atoms with Crippen molar-refractivity contribution in [3.63, 3.8) is 0 Å². The molecule has 2 heterocycles. The largest absolute Gasteiger partial charge is 0.334 e. The second-order valence-electron chi connectivity index (χ2n) is 5.56. The van der Waals surface area contributed by atoms with E-state index in [4.69, 9.17) is 0 Å². The molecule has 0 aliphatic carbocycles. The summed E-state index contributed by atoms with van der Waals surface area (Å²) in [4.78, 5) is 22.8. The van der Waals surface area contributed by atoms with Crippen LogP contribution in [0.25, 0.3) is 6.08 Å². The molecule has 4 nitrogen and oxygen atoms in total. The first kappa shape index (κ1) is 17.0. The van der Waals surface area contributed by atoms with Crippen LogP contribution in [0.15, 0.2) is 72.5 Å². The molecule has 0 aliphatic heterocycles. The molecule has 0 radical (unpaired) electrons. The molecular formula is C20H19N3OS. The van der Waals surface area contributed by atoms with Gasteiger partial charge >= 0.3 is 0 Å². The number of nitrogens with zero attached hydrogens (tertiary/aromatic N) is 3. The highest BCUT2D eigenvalue weighted by molar-refractivity contribution is 7.10. The monoisotopic (exact) mass is 349 g/mol. The van der Waals surface area contributed by atoms with Crippen molar-refractivity contribution in [1.82, 2.24) is 14.9 Å². The summed E-state index contributed by atoms with van der Waals surface area (Å²) in [6, 6.07) is 14.1. The Balaban J connectivity index is 1.69. The van der Waals surface area contributed by atoms with Crippen molar-refractivity contribution in [3.05, 3.63) is 88.6 Å². The number of carbonyl (C=O) groups excluding carboxylic acids is 1. The minimum absolute atomic E-state index is 0.0185. The first-order valence-electron chi connectivity index (χ1n) is 8.10. The fraction of sp³-hybridized carbons (Fsp3) is 0.150. The molecule has 1 aromatic carbocycles. The third-order valence-electron chi connectivity index (χ3n) is 3.74. The molecule has 0 N–H and O–H groups in total. The Morgan fingerprint density at radius 1 is 1.08 bits per heavy atom. The fourth-order valence-electron chi connectivity index (χ4n) is 2.45. The summed E-state index contributed by atoms with van der Waals surface area (Å²) in [5, 5.41) is 2.73. The Kier molecular flexibility index (Phi) is 6.06. The van der Waals surface area contributed by atoms with Crippen LogP contribution < -0.4 is 0 Å². The normalized spacial score (nSPS) is 10.9. The lowest BCUT2D eigenvalue weighted by atomic mass is 10.1. The average molecular weight is 349 g/mol. The number of benzene rings is 1. The zero-order valence-electron chi connectivity index (χ0n) is 13.8. The van der Waals surface area contributed by atoms with Gasteiger partial charge in [-0.05, 0) is 29.7 Å². The summed E-state index contributed by atoms with van der Waals surface area (Å²) in [7, 11) is 0. The van der Waals surface area contributed by atoms with Crippen LogP contribution >= 0.6 is 11.3 Å². The summed E-state index contributed by atoms with van der Waals surface area (Å²) in [6.45, 7) is 1.20. The van der Waals surface area contributed by atoms with Crippen LogP contribution in [0.5, 0.6) is 0 Å². The molecule has 3 aromatic rings. The average Bonchev–Trinajstić information content (AvgIpc) is 3.18. The quantitative estimate of drug-likeness (QED) is 0.609. The molecule has 0 unspecified atom stereocenters. The summed E-state index contributed by atoms with van der Waals surface area (Å²) >= 11 is 1.51. The lowest BCUT2D eigenvalue weighted by molar-refractivity contribution is -0.126. The van der Waals surface area contributed by atoms with Gasteiger partial charge in [0.05, 0.1) is 0 Å². The van der Waals surface area contributed by atoms with Gasteiger partial charge in [0, 0.05) is 43.1 Å². The van der Waals surface area contributed by atoms with Gasteiger partial charge in [0.25, 0.3) is 0 Å². The molecule has 25 heavy (non-hydrogen) atoms. The highest BCUT2D eigenvalue weighted by Crippen LogP contribution is 2.10. The molecule has 0 fully saturated rings. The molecule has 0 spiro atoms. The Bertz CT molecular complexity index is 801. The number of aromatic nitrogens is 2. The topological polar surface area (TPSA) is 46.1 Å². The highest BCUT2D eigenvalue weighted by atomic mass is 32.1. The van der Waals surface area contributed by atoms with Crippen LogP contribution in [-0.4, -0.2) is 27.3 Å². The Hall–Kier alpha value is -2.79. The van der Waals surface area contributed by atoms with E-state index in [1.165, 1.54) is 16.9 Å². The van der Waals surface area contributed by atoms with E-state index in [9.17, 15) is 4.79 Å². The molecule has 1 amide bonds. The molecule has 3 rings (SSSR count). The molecule has 0 atom stereocenters. The van der Waals surface area contributed by atoms with Crippen molar-refractivity contribution in [2.45, 2.75) is 13.0 Å². The second kappa shape index (κ2) is 8.89. The third-order valence-corrected chi connectivity index (χ3v) is 4.48. The number of thiazole rings is 1. The third kappa shape index (κ3) is 5.36. The molecule has 2 aromatic heterocycles. The van der Waals surface area contributed by atoms with E-state index in [0.717, 1.165) is 17.0 Å². The van der Waals surface area contributed by atoms with Crippen LogP contribution in [0.4, 0.5) is 0 Å². The van der Waals surface area contributed by atoms with Gasteiger partial charge in [-0.2, -0.15) is 0 Å². The number of carbonyl (C=O) groups is 1. The molecule has 0 saturated carbocycles. The van der Waals surface area contributed by atoms with Crippen LogP contribution in [0.1, 0.15) is 16.1 Å². The SMILES string of the molecule is O=C(/C=C\c1nccs1)N(CCc1ccccc1)Cc1cccnc1. The summed E-state index contributed by atoms with van der Waals surface area (Å²) < 4.78 is 0. The van der Waals surface area contributed by atoms with Gasteiger partial charge in [-0.25, -0.2) is 4.98 Å². The summed E-state index contributed by atoms with van der Waals surface area (Å²) in [5.41, 5.74) is 2.24. The maximum absolute atomic E-state index is 12.7. The molecule has 0 bridgehead atoms. The molecule has 0 aliphatic rings. The lowest BCUT2D eigenvalue weighted by Gasteiger charge is -2.21. The second-order valence-corrected chi connectivity index (χ2v) is 6.49. The number of pyridine rings is 1. The van der Waals surface area contributed by atoms with Crippen LogP contribution in [0.2, 0.25) is 0 Å². The van der Waals surface area contributed by atoms with Crippen LogP contribution in [0.3, 0.4) is 0 Å². The van der Waals surface area contributed by atoms with E-state index in [0.29, 0.717) is 13.1 Å². The first-order valence-corrected chi connectivity index (χ1v) is 8.98. The van der Waals surface area contributed by atoms with Gasteiger partial charge in [-0.15, -0.1) is 11.3 Å². The van der Waals surface area contributed by atoms with Gasteiger partial charge in [0.15, 0.2) is 0 Å². The molecule has 126 valence electrons. The van der Waals surface area contributed by atoms with Gasteiger partial charge in [-0.1, -0.05) is 36.4 Å². The van der Waals surface area contributed by atoms with Gasteiger partial charge in [0.1, 0.15) is 5.01 Å². The lowest BCUT2D eigenvalue weighted by Crippen LogP contribution is -2.31. The molecule has 5 heteroatoms. The van der Waals surface area contributed by atoms with E-state index in [-0.39, 0.29) is 5.91 Å². The van der Waals surface area contributed by atoms with Crippen LogP contribution in [0, 0.1) is 0 Å². The van der Waals surface area contributed by atoms with Crippen molar-refractivity contribution >= 4 is 23.3 Å². The standard InChI is InChI=1S/C20H19N3OS/c24-20(9-8-19-22-12-14-25-19)23(16-18-7-4-11-21-15-18)13-10-17-5-2-1-3-6-17/h1-9,11-12,14-15H,10,13,16H2/b9-8-. The smallest absolute Gasteiger partial charge is 0.246 e. The molecule has 0 saturated heterocycles. The maximum atomic E-state index is 12.7. The van der Waals surface area contributed by atoms with E-state index >= 15 is 0 Å². The summed E-state index contributed by atoms with van der Waals surface area (Å²) in [5.74, 6) is -0.0185. The number of rotatable bonds is 7. The fourth-order valence-corrected chi connectivity index (χ4v) is 2.98. The van der Waals surface area contributed by atoms with Crippen molar-refractivity contribution < 1.29 is 4.79 Å². The highest BCUT2D eigenvalue weighted by Gasteiger charge is 2.12. The van der Waals surface area contributed by atoms with E-state index in [2.05, 4.69) is 22.1 Å². The number of amides is 1. The first-order chi connectivity index (χ1) is 12.3.